The number of hydrogen-bond acceptors (Lipinski definition) is 2. The number of amides is 1. The van der Waals surface area contributed by atoms with Crippen LogP contribution < -0.4 is 10.6 Å². The van der Waals surface area contributed by atoms with Crippen LogP contribution in [0.2, 0.25) is 0 Å². The van der Waals surface area contributed by atoms with Crippen LogP contribution in [-0.4, -0.2) is 19.5 Å². The van der Waals surface area contributed by atoms with Crippen molar-refractivity contribution in [2.75, 3.05) is 18.9 Å². The Hall–Kier alpha value is -1.06. The third kappa shape index (κ3) is 3.77. The van der Waals surface area contributed by atoms with Gasteiger partial charge in [0.15, 0.2) is 0 Å². The number of likely N-dealkylation sites (N-methyl/N-ethyl adjacent to an activating group) is 1. The van der Waals surface area contributed by atoms with Crippen molar-refractivity contribution < 1.29 is 4.79 Å². The number of para-hydroxylation sites is 1. The molecule has 3 nitrogen and oxygen atoms in total. The molecule has 0 aliphatic rings. The third-order valence-electron chi connectivity index (χ3n) is 1.76. The van der Waals surface area contributed by atoms with Gasteiger partial charge in [-0.15, -0.1) is 12.4 Å². The van der Waals surface area contributed by atoms with Crippen molar-refractivity contribution in [1.29, 1.82) is 0 Å². The van der Waals surface area contributed by atoms with E-state index in [2.05, 4.69) is 10.6 Å². The van der Waals surface area contributed by atoms with Gasteiger partial charge in [0, 0.05) is 5.69 Å². The van der Waals surface area contributed by atoms with E-state index in [0.29, 0.717) is 6.54 Å². The molecule has 1 aromatic rings. The molecule has 0 heterocycles. The number of benzene rings is 1. The minimum absolute atomic E-state index is 0. The van der Waals surface area contributed by atoms with E-state index in [9.17, 15) is 4.79 Å². The second kappa shape index (κ2) is 6.40. The summed E-state index contributed by atoms with van der Waals surface area (Å²) in [5.74, 6) is -0.0169. The molecule has 0 atom stereocenters. The van der Waals surface area contributed by atoms with E-state index in [4.69, 9.17) is 0 Å². The van der Waals surface area contributed by atoms with E-state index in [1.807, 2.05) is 31.2 Å². The molecule has 1 aromatic carbocycles. The second-order valence-corrected chi connectivity index (χ2v) is 2.89. The number of hydrogen-bond donors (Lipinski definition) is 2. The topological polar surface area (TPSA) is 41.1 Å². The molecule has 2 N–H and O–H groups in total. The molecule has 1 amide bonds. The summed E-state index contributed by atoms with van der Waals surface area (Å²) in [5, 5.41) is 5.60. The predicted molar refractivity (Wildman–Crippen MR) is 61.0 cm³/mol. The van der Waals surface area contributed by atoms with Gasteiger partial charge in [0.25, 0.3) is 0 Å². The standard InChI is InChI=1S/C10H14N2O.ClH/c1-8-5-3-4-6-9(8)12-10(13)7-11-2;/h3-6,11H,7H2,1-2H3,(H,12,13);1H. The molecule has 0 saturated heterocycles. The van der Waals surface area contributed by atoms with Gasteiger partial charge in [-0.05, 0) is 25.6 Å². The monoisotopic (exact) mass is 214 g/mol. The summed E-state index contributed by atoms with van der Waals surface area (Å²) in [6, 6.07) is 7.71. The Labute approximate surface area is 90.3 Å². The van der Waals surface area contributed by atoms with Crippen LogP contribution in [0.5, 0.6) is 0 Å². The summed E-state index contributed by atoms with van der Waals surface area (Å²) in [5.41, 5.74) is 1.95. The van der Waals surface area contributed by atoms with Gasteiger partial charge in [0.1, 0.15) is 0 Å². The quantitative estimate of drug-likeness (QED) is 0.802. The molecule has 0 fully saturated rings. The zero-order valence-corrected chi connectivity index (χ0v) is 9.15. The van der Waals surface area contributed by atoms with Gasteiger partial charge < -0.3 is 10.6 Å². The first kappa shape index (κ1) is 12.9. The molecule has 0 aromatic heterocycles. The van der Waals surface area contributed by atoms with Gasteiger partial charge in [-0.25, -0.2) is 0 Å². The number of aryl methyl sites for hydroxylation is 1. The lowest BCUT2D eigenvalue weighted by atomic mass is 10.2. The van der Waals surface area contributed by atoms with Gasteiger partial charge in [-0.2, -0.15) is 0 Å². The maximum Gasteiger partial charge on any atom is 0.238 e. The highest BCUT2D eigenvalue weighted by atomic mass is 35.5. The van der Waals surface area contributed by atoms with Crippen molar-refractivity contribution in [3.05, 3.63) is 29.8 Å². The van der Waals surface area contributed by atoms with Crippen molar-refractivity contribution >= 4 is 24.0 Å². The smallest absolute Gasteiger partial charge is 0.238 e. The first-order chi connectivity index (χ1) is 6.24. The second-order valence-electron chi connectivity index (χ2n) is 2.89. The van der Waals surface area contributed by atoms with Crippen LogP contribution in [0, 0.1) is 6.92 Å². The van der Waals surface area contributed by atoms with Crippen LogP contribution in [0.25, 0.3) is 0 Å². The van der Waals surface area contributed by atoms with Crippen LogP contribution in [0.1, 0.15) is 5.56 Å². The summed E-state index contributed by atoms with van der Waals surface area (Å²) in [4.78, 5) is 11.2. The van der Waals surface area contributed by atoms with Crippen LogP contribution >= 0.6 is 12.4 Å². The van der Waals surface area contributed by atoms with Crippen molar-refractivity contribution in [3.8, 4) is 0 Å². The third-order valence-corrected chi connectivity index (χ3v) is 1.76. The average molecular weight is 215 g/mol. The molecule has 1 rings (SSSR count). The fraction of sp³-hybridized carbons (Fsp3) is 0.300. The molecule has 14 heavy (non-hydrogen) atoms. The zero-order valence-electron chi connectivity index (χ0n) is 8.33. The Bertz CT molecular complexity index is 302. The number of nitrogens with one attached hydrogen (secondary N) is 2. The van der Waals surface area contributed by atoms with Crippen molar-refractivity contribution in [3.63, 3.8) is 0 Å². The molecular weight excluding hydrogens is 200 g/mol. The normalized spacial score (nSPS) is 9.00. The Morgan fingerprint density at radius 3 is 2.57 bits per heavy atom. The number of carbonyl (C=O) groups is 1. The Balaban J connectivity index is 0.00000169. The van der Waals surface area contributed by atoms with Crippen LogP contribution in [0.15, 0.2) is 24.3 Å². The SMILES string of the molecule is CNCC(=O)Nc1ccccc1C.Cl. The lowest BCUT2D eigenvalue weighted by molar-refractivity contribution is -0.115. The maximum absolute atomic E-state index is 11.2. The largest absolute Gasteiger partial charge is 0.325 e. The highest BCUT2D eigenvalue weighted by Crippen LogP contribution is 2.12. The van der Waals surface area contributed by atoms with Gasteiger partial charge >= 0.3 is 0 Å². The van der Waals surface area contributed by atoms with Gasteiger partial charge in [0.05, 0.1) is 6.54 Å². The average Bonchev–Trinajstić information content (AvgIpc) is 2.09. The number of anilines is 1. The number of halogens is 1. The molecule has 0 radical (unpaired) electrons. The Kier molecular flexibility index (Phi) is 5.92. The Morgan fingerprint density at radius 2 is 2.00 bits per heavy atom. The highest BCUT2D eigenvalue weighted by Gasteiger charge is 2.01. The van der Waals surface area contributed by atoms with E-state index in [1.54, 1.807) is 7.05 Å². The first-order valence-corrected chi connectivity index (χ1v) is 4.24. The summed E-state index contributed by atoms with van der Waals surface area (Å²) < 4.78 is 0. The molecule has 0 aliphatic heterocycles. The maximum atomic E-state index is 11.2. The zero-order chi connectivity index (χ0) is 9.68. The molecule has 78 valence electrons. The summed E-state index contributed by atoms with van der Waals surface area (Å²) in [6.07, 6.45) is 0. The minimum Gasteiger partial charge on any atom is -0.325 e. The summed E-state index contributed by atoms with van der Waals surface area (Å²) in [6.45, 7) is 2.31. The van der Waals surface area contributed by atoms with Crippen molar-refractivity contribution in [2.45, 2.75) is 6.92 Å². The van der Waals surface area contributed by atoms with Crippen molar-refractivity contribution in [1.82, 2.24) is 5.32 Å². The van der Waals surface area contributed by atoms with E-state index in [-0.39, 0.29) is 18.3 Å². The van der Waals surface area contributed by atoms with Crippen LogP contribution in [-0.2, 0) is 4.79 Å². The van der Waals surface area contributed by atoms with Crippen LogP contribution in [0.3, 0.4) is 0 Å². The molecule has 0 unspecified atom stereocenters. The van der Waals surface area contributed by atoms with Gasteiger partial charge in [-0.3, -0.25) is 4.79 Å². The molecule has 0 saturated carbocycles. The Morgan fingerprint density at radius 1 is 1.36 bits per heavy atom. The highest BCUT2D eigenvalue weighted by molar-refractivity contribution is 5.92. The molecular formula is C10H15ClN2O. The molecule has 0 aliphatic carbocycles. The van der Waals surface area contributed by atoms with Crippen LogP contribution in [0.4, 0.5) is 5.69 Å². The van der Waals surface area contributed by atoms with E-state index < -0.39 is 0 Å². The van der Waals surface area contributed by atoms with Crippen molar-refractivity contribution in [2.24, 2.45) is 0 Å². The lowest BCUT2D eigenvalue weighted by Crippen LogP contribution is -2.25. The molecule has 0 bridgehead atoms. The van der Waals surface area contributed by atoms with E-state index >= 15 is 0 Å². The summed E-state index contributed by atoms with van der Waals surface area (Å²) >= 11 is 0. The van der Waals surface area contributed by atoms with E-state index in [1.165, 1.54) is 0 Å². The number of carbonyl (C=O) groups excluding carboxylic acids is 1. The van der Waals surface area contributed by atoms with Gasteiger partial charge in [0.2, 0.25) is 5.91 Å². The fourth-order valence-corrected chi connectivity index (χ4v) is 1.07. The fourth-order valence-electron chi connectivity index (χ4n) is 1.07. The molecule has 0 spiro atoms. The minimum atomic E-state index is -0.0169. The number of rotatable bonds is 3. The van der Waals surface area contributed by atoms with E-state index in [0.717, 1.165) is 11.3 Å². The summed E-state index contributed by atoms with van der Waals surface area (Å²) in [7, 11) is 1.75. The molecule has 4 heteroatoms. The first-order valence-electron chi connectivity index (χ1n) is 4.24. The predicted octanol–water partition coefficient (Wildman–Crippen LogP) is 1.57. The lowest BCUT2D eigenvalue weighted by Gasteiger charge is -2.06. The van der Waals surface area contributed by atoms with Gasteiger partial charge in [-0.1, -0.05) is 18.2 Å².